The lowest BCUT2D eigenvalue weighted by Gasteiger charge is -2.31. The molecule has 166 valence electrons. The van der Waals surface area contributed by atoms with Gasteiger partial charge in [-0.15, -0.1) is 0 Å². The molecule has 1 aromatic heterocycles. The van der Waals surface area contributed by atoms with Gasteiger partial charge in [-0.1, -0.05) is 42.5 Å². The normalized spacial score (nSPS) is 15.8. The van der Waals surface area contributed by atoms with Crippen molar-refractivity contribution >= 4 is 22.9 Å². The molecule has 1 amide bonds. The molecule has 0 saturated carbocycles. The van der Waals surface area contributed by atoms with E-state index in [2.05, 4.69) is 45.7 Å². The second kappa shape index (κ2) is 10.2. The summed E-state index contributed by atoms with van der Waals surface area (Å²) in [5.41, 5.74) is 3.37. The SMILES string of the molecule is O=C(/C=C/C=C/c1ccc(O)c(O)c1)NCCN1CCC(c2c[nH]c3ccccc23)CC1. The Morgan fingerprint density at radius 3 is 2.72 bits per heavy atom. The van der Waals surface area contributed by atoms with Crippen LogP contribution >= 0.6 is 0 Å². The van der Waals surface area contributed by atoms with Crippen LogP contribution < -0.4 is 5.32 Å². The summed E-state index contributed by atoms with van der Waals surface area (Å²) < 4.78 is 0. The number of benzene rings is 2. The van der Waals surface area contributed by atoms with Crippen molar-refractivity contribution in [2.24, 2.45) is 0 Å². The third-order valence-corrected chi connectivity index (χ3v) is 6.02. The molecule has 32 heavy (non-hydrogen) atoms. The first-order chi connectivity index (χ1) is 15.6. The van der Waals surface area contributed by atoms with E-state index in [9.17, 15) is 15.0 Å². The van der Waals surface area contributed by atoms with E-state index in [1.165, 1.54) is 34.7 Å². The molecule has 4 N–H and O–H groups in total. The van der Waals surface area contributed by atoms with E-state index < -0.39 is 0 Å². The molecule has 1 fully saturated rings. The lowest BCUT2D eigenvalue weighted by Crippen LogP contribution is -2.38. The lowest BCUT2D eigenvalue weighted by atomic mass is 9.89. The van der Waals surface area contributed by atoms with E-state index in [0.29, 0.717) is 12.5 Å². The van der Waals surface area contributed by atoms with Crippen LogP contribution in [0.5, 0.6) is 11.5 Å². The van der Waals surface area contributed by atoms with Crippen LogP contribution in [0, 0.1) is 0 Å². The molecular weight excluding hydrogens is 402 g/mol. The van der Waals surface area contributed by atoms with E-state index in [-0.39, 0.29) is 17.4 Å². The highest BCUT2D eigenvalue weighted by molar-refractivity contribution is 5.87. The Labute approximate surface area is 187 Å². The summed E-state index contributed by atoms with van der Waals surface area (Å²) >= 11 is 0. The maximum absolute atomic E-state index is 12.0. The zero-order valence-corrected chi connectivity index (χ0v) is 18.0. The van der Waals surface area contributed by atoms with Gasteiger partial charge < -0.3 is 25.4 Å². The van der Waals surface area contributed by atoms with E-state index in [1.54, 1.807) is 24.3 Å². The van der Waals surface area contributed by atoms with Gasteiger partial charge in [0, 0.05) is 36.3 Å². The highest BCUT2D eigenvalue weighted by Gasteiger charge is 2.22. The topological polar surface area (TPSA) is 88.6 Å². The fraction of sp³-hybridized carbons (Fsp3) is 0.269. The van der Waals surface area contributed by atoms with E-state index in [1.807, 2.05) is 0 Å². The minimum atomic E-state index is -0.167. The molecule has 3 aromatic rings. The molecule has 6 nitrogen and oxygen atoms in total. The van der Waals surface area contributed by atoms with Gasteiger partial charge in [-0.3, -0.25) is 4.79 Å². The number of hydrogen-bond acceptors (Lipinski definition) is 4. The largest absolute Gasteiger partial charge is 0.504 e. The van der Waals surface area contributed by atoms with Crippen molar-refractivity contribution in [1.29, 1.82) is 0 Å². The fourth-order valence-electron chi connectivity index (χ4n) is 4.25. The maximum Gasteiger partial charge on any atom is 0.244 e. The van der Waals surface area contributed by atoms with Crippen molar-refractivity contribution in [1.82, 2.24) is 15.2 Å². The second-order valence-corrected chi connectivity index (χ2v) is 8.16. The molecule has 6 heteroatoms. The van der Waals surface area contributed by atoms with E-state index >= 15 is 0 Å². The Kier molecular flexibility index (Phi) is 6.92. The highest BCUT2D eigenvalue weighted by atomic mass is 16.3. The summed E-state index contributed by atoms with van der Waals surface area (Å²) in [5.74, 6) is 0.137. The molecule has 1 aliphatic rings. The number of carbonyl (C=O) groups is 1. The number of hydrogen-bond donors (Lipinski definition) is 4. The molecular formula is C26H29N3O3. The molecule has 2 heterocycles. The molecule has 2 aromatic carbocycles. The van der Waals surface area contributed by atoms with Crippen molar-refractivity contribution < 1.29 is 15.0 Å². The quantitative estimate of drug-likeness (QED) is 0.257. The monoisotopic (exact) mass is 431 g/mol. The Hall–Kier alpha value is -3.51. The average molecular weight is 432 g/mol. The van der Waals surface area contributed by atoms with Crippen molar-refractivity contribution in [2.45, 2.75) is 18.8 Å². The van der Waals surface area contributed by atoms with E-state index in [4.69, 9.17) is 0 Å². The molecule has 0 spiro atoms. The predicted octanol–water partition coefficient (Wildman–Crippen LogP) is 4.14. The number of nitrogens with one attached hydrogen (secondary N) is 2. The fourth-order valence-corrected chi connectivity index (χ4v) is 4.25. The van der Waals surface area contributed by atoms with Crippen molar-refractivity contribution in [2.75, 3.05) is 26.2 Å². The number of allylic oxidation sites excluding steroid dienone is 2. The van der Waals surface area contributed by atoms with Crippen molar-refractivity contribution in [3.63, 3.8) is 0 Å². The van der Waals surface area contributed by atoms with Crippen LogP contribution in [-0.2, 0) is 4.79 Å². The van der Waals surface area contributed by atoms with E-state index in [0.717, 1.165) is 38.0 Å². The molecule has 0 radical (unpaired) electrons. The van der Waals surface area contributed by atoms with Crippen LogP contribution in [0.1, 0.15) is 29.9 Å². The highest BCUT2D eigenvalue weighted by Crippen LogP contribution is 2.32. The van der Waals surface area contributed by atoms with Gasteiger partial charge in [0.1, 0.15) is 0 Å². The van der Waals surface area contributed by atoms with Gasteiger partial charge in [-0.25, -0.2) is 0 Å². The number of likely N-dealkylation sites (tertiary alicyclic amines) is 1. The summed E-state index contributed by atoms with van der Waals surface area (Å²) in [5, 5.41) is 23.1. The first-order valence-electron chi connectivity index (χ1n) is 11.0. The molecule has 0 aliphatic carbocycles. The number of fused-ring (bicyclic) bond motifs is 1. The van der Waals surface area contributed by atoms with Crippen molar-refractivity contribution in [3.05, 3.63) is 78.0 Å². The second-order valence-electron chi connectivity index (χ2n) is 8.16. The van der Waals surface area contributed by atoms with Crippen LogP contribution in [0.2, 0.25) is 0 Å². The molecule has 1 saturated heterocycles. The van der Waals surface area contributed by atoms with Gasteiger partial charge in [0.25, 0.3) is 0 Å². The molecule has 0 unspecified atom stereocenters. The van der Waals surface area contributed by atoms with Crippen LogP contribution in [0.4, 0.5) is 0 Å². The maximum atomic E-state index is 12.0. The van der Waals surface area contributed by atoms with Crippen LogP contribution in [-0.4, -0.2) is 52.2 Å². The van der Waals surface area contributed by atoms with Gasteiger partial charge in [0.15, 0.2) is 11.5 Å². The number of H-pyrrole nitrogens is 1. The minimum Gasteiger partial charge on any atom is -0.504 e. The molecule has 4 rings (SSSR count). The van der Waals surface area contributed by atoms with Gasteiger partial charge in [-0.2, -0.15) is 0 Å². The number of nitrogens with zero attached hydrogens (tertiary/aromatic N) is 1. The number of para-hydroxylation sites is 1. The number of carbonyl (C=O) groups excluding carboxylic acids is 1. The third-order valence-electron chi connectivity index (χ3n) is 6.02. The standard InChI is InChI=1S/C26H29N3O3/c30-24-10-9-19(17-25(24)31)5-1-4-8-26(32)27-13-16-29-14-11-20(12-15-29)22-18-28-23-7-3-2-6-21(22)23/h1-10,17-18,20,28,30-31H,11-16H2,(H,27,32)/b5-1+,8-4+. The number of amides is 1. The summed E-state index contributed by atoms with van der Waals surface area (Å²) in [7, 11) is 0. The zero-order valence-electron chi connectivity index (χ0n) is 18.0. The third kappa shape index (κ3) is 5.39. The van der Waals surface area contributed by atoms with Crippen LogP contribution in [0.25, 0.3) is 17.0 Å². The number of aromatic nitrogens is 1. The van der Waals surface area contributed by atoms with Gasteiger partial charge >= 0.3 is 0 Å². The predicted molar refractivity (Wildman–Crippen MR) is 128 cm³/mol. The van der Waals surface area contributed by atoms with Crippen LogP contribution in [0.3, 0.4) is 0 Å². The number of phenolic OH excluding ortho intramolecular Hbond substituents is 2. The Bertz CT molecular complexity index is 1120. The zero-order chi connectivity index (χ0) is 22.3. The summed E-state index contributed by atoms with van der Waals surface area (Å²) in [6.45, 7) is 3.55. The van der Waals surface area contributed by atoms with Crippen LogP contribution in [0.15, 0.2) is 66.9 Å². The molecule has 0 atom stereocenters. The summed E-state index contributed by atoms with van der Waals surface area (Å²) in [6, 6.07) is 13.0. The Balaban J connectivity index is 1.17. The lowest BCUT2D eigenvalue weighted by molar-refractivity contribution is -0.116. The number of phenols is 2. The number of aromatic hydroxyl groups is 2. The number of piperidine rings is 1. The first kappa shape index (κ1) is 21.7. The van der Waals surface area contributed by atoms with Gasteiger partial charge in [0.2, 0.25) is 5.91 Å². The number of rotatable bonds is 7. The average Bonchev–Trinajstić information content (AvgIpc) is 3.24. The molecule has 1 aliphatic heterocycles. The summed E-state index contributed by atoms with van der Waals surface area (Å²) in [6.07, 6.45) is 11.0. The van der Waals surface area contributed by atoms with Crippen molar-refractivity contribution in [3.8, 4) is 11.5 Å². The van der Waals surface area contributed by atoms with Gasteiger partial charge in [0.05, 0.1) is 0 Å². The first-order valence-corrected chi connectivity index (χ1v) is 11.0. The summed E-state index contributed by atoms with van der Waals surface area (Å²) in [4.78, 5) is 17.8. The molecule has 0 bridgehead atoms. The smallest absolute Gasteiger partial charge is 0.244 e. The minimum absolute atomic E-state index is 0.128. The Morgan fingerprint density at radius 1 is 1.09 bits per heavy atom. The Morgan fingerprint density at radius 2 is 1.91 bits per heavy atom. The number of aromatic amines is 1. The van der Waals surface area contributed by atoms with Gasteiger partial charge in [-0.05, 0) is 61.2 Å².